The molecule has 1 aliphatic rings. The molecule has 1 rings (SSSR count). The highest BCUT2D eigenvalue weighted by atomic mass is 19.4. The zero-order valence-corrected chi connectivity index (χ0v) is 5.75. The first-order chi connectivity index (χ1) is 5.31. The maximum atomic E-state index is 12.3. The summed E-state index contributed by atoms with van der Waals surface area (Å²) < 4.78 is 60.1. The average molecular weight is 183 g/mol. The summed E-state index contributed by atoms with van der Waals surface area (Å²) in [5.74, 6) is -3.42. The van der Waals surface area contributed by atoms with Crippen molar-refractivity contribution < 1.29 is 22.0 Å². The van der Waals surface area contributed by atoms with Gasteiger partial charge >= 0.3 is 6.18 Å². The van der Waals surface area contributed by atoms with Crippen LogP contribution < -0.4 is 0 Å². The van der Waals surface area contributed by atoms with E-state index in [1.165, 1.54) is 0 Å². The third-order valence-corrected chi connectivity index (χ3v) is 1.29. The minimum Gasteiger partial charge on any atom is -0.202 e. The van der Waals surface area contributed by atoms with E-state index in [-0.39, 0.29) is 6.08 Å². The molecular weight excluding hydrogens is 179 g/mol. The average Bonchev–Trinajstić information content (AvgIpc) is 1.83. The van der Waals surface area contributed by atoms with Gasteiger partial charge < -0.3 is 0 Å². The summed E-state index contributed by atoms with van der Waals surface area (Å²) in [5, 5.41) is 0. The Morgan fingerprint density at radius 1 is 1.33 bits per heavy atom. The molecule has 0 aliphatic heterocycles. The van der Waals surface area contributed by atoms with E-state index in [0.29, 0.717) is 6.08 Å². The van der Waals surface area contributed by atoms with E-state index in [4.69, 9.17) is 0 Å². The highest BCUT2D eigenvalue weighted by Crippen LogP contribution is 2.34. The fourth-order valence-electron chi connectivity index (χ4n) is 0.781. The molecule has 0 unspecified atom stereocenters. The Morgan fingerprint density at radius 3 is 2.25 bits per heavy atom. The van der Waals surface area contributed by atoms with Crippen molar-refractivity contribution in [2.75, 3.05) is 0 Å². The zero-order chi connectivity index (χ0) is 9.41. The molecule has 0 nitrogen and oxygen atoms in total. The Labute approximate surface area is 65.4 Å². The van der Waals surface area contributed by atoms with Gasteiger partial charge in [0.05, 0.1) is 5.57 Å². The van der Waals surface area contributed by atoms with E-state index in [0.717, 1.165) is 0 Å². The first-order valence-electron chi connectivity index (χ1n) is 3.06. The van der Waals surface area contributed by atoms with Crippen LogP contribution in [0, 0.1) is 6.08 Å². The molecule has 67 valence electrons. The van der Waals surface area contributed by atoms with E-state index < -0.39 is 24.1 Å². The Hall–Kier alpha value is -0.870. The first kappa shape index (κ1) is 9.22. The van der Waals surface area contributed by atoms with Crippen molar-refractivity contribution in [1.29, 1.82) is 0 Å². The van der Waals surface area contributed by atoms with Gasteiger partial charge in [-0.25, -0.2) is 8.78 Å². The molecule has 0 aromatic rings. The third kappa shape index (κ3) is 2.06. The number of halogens is 5. The van der Waals surface area contributed by atoms with Crippen LogP contribution in [-0.2, 0) is 0 Å². The lowest BCUT2D eigenvalue weighted by atomic mass is 10.0. The number of rotatable bonds is 0. The topological polar surface area (TPSA) is 0 Å². The van der Waals surface area contributed by atoms with Gasteiger partial charge in [0.2, 0.25) is 0 Å². The summed E-state index contributed by atoms with van der Waals surface area (Å²) >= 11 is 0. The van der Waals surface area contributed by atoms with Crippen molar-refractivity contribution in [3.8, 4) is 0 Å². The summed E-state index contributed by atoms with van der Waals surface area (Å²) in [5.41, 5.74) is -1.33. The predicted molar refractivity (Wildman–Crippen MR) is 31.5 cm³/mol. The lowest BCUT2D eigenvalue weighted by molar-refractivity contribution is -0.0916. The van der Waals surface area contributed by atoms with Crippen molar-refractivity contribution in [2.24, 2.45) is 0 Å². The first-order valence-corrected chi connectivity index (χ1v) is 3.06. The SMILES string of the molecule is FC1(F)C=C(C(F)(F)F)C=[C]C1. The van der Waals surface area contributed by atoms with Crippen molar-refractivity contribution in [2.45, 2.75) is 18.5 Å². The maximum Gasteiger partial charge on any atom is 0.416 e. The maximum absolute atomic E-state index is 12.3. The van der Waals surface area contributed by atoms with Crippen LogP contribution in [0.3, 0.4) is 0 Å². The summed E-state index contributed by atoms with van der Waals surface area (Å²) in [6.45, 7) is 0. The second-order valence-corrected chi connectivity index (χ2v) is 2.38. The Balaban J connectivity index is 2.92. The minimum atomic E-state index is -4.71. The van der Waals surface area contributed by atoms with Crippen molar-refractivity contribution >= 4 is 0 Å². The second kappa shape index (κ2) is 2.57. The van der Waals surface area contributed by atoms with Gasteiger partial charge in [0, 0.05) is 6.42 Å². The molecule has 0 atom stereocenters. The molecule has 0 heterocycles. The van der Waals surface area contributed by atoms with Gasteiger partial charge in [-0.05, 0) is 18.2 Å². The summed E-state index contributed by atoms with van der Waals surface area (Å²) in [4.78, 5) is 0. The fourth-order valence-corrected chi connectivity index (χ4v) is 0.781. The van der Waals surface area contributed by atoms with Crippen molar-refractivity contribution in [3.05, 3.63) is 23.8 Å². The van der Waals surface area contributed by atoms with Crippen LogP contribution in [0.4, 0.5) is 22.0 Å². The molecule has 0 aromatic heterocycles. The second-order valence-electron chi connectivity index (χ2n) is 2.38. The molecule has 0 fully saturated rings. The number of allylic oxidation sites excluding steroid dienone is 4. The normalized spacial score (nSPS) is 22.2. The quantitative estimate of drug-likeness (QED) is 0.506. The van der Waals surface area contributed by atoms with Crippen LogP contribution in [-0.4, -0.2) is 12.1 Å². The van der Waals surface area contributed by atoms with E-state index in [9.17, 15) is 22.0 Å². The fraction of sp³-hybridized carbons (Fsp3) is 0.429. The zero-order valence-electron chi connectivity index (χ0n) is 5.75. The molecule has 1 aliphatic carbocycles. The van der Waals surface area contributed by atoms with Gasteiger partial charge in [0.15, 0.2) is 0 Å². The lowest BCUT2D eigenvalue weighted by Gasteiger charge is -2.16. The molecule has 0 N–H and O–H groups in total. The van der Waals surface area contributed by atoms with Gasteiger partial charge in [-0.15, -0.1) is 0 Å². The van der Waals surface area contributed by atoms with Crippen LogP contribution >= 0.6 is 0 Å². The molecule has 0 saturated carbocycles. The molecule has 0 spiro atoms. The molecule has 12 heavy (non-hydrogen) atoms. The van der Waals surface area contributed by atoms with E-state index in [1.807, 2.05) is 6.08 Å². The van der Waals surface area contributed by atoms with E-state index in [1.54, 1.807) is 0 Å². The van der Waals surface area contributed by atoms with Gasteiger partial charge in [-0.3, -0.25) is 0 Å². The number of hydrogen-bond acceptors (Lipinski definition) is 0. The highest BCUT2D eigenvalue weighted by molar-refractivity contribution is 5.28. The lowest BCUT2D eigenvalue weighted by Crippen LogP contribution is -2.20. The molecule has 0 aromatic carbocycles. The van der Waals surface area contributed by atoms with Crippen LogP contribution in [0.15, 0.2) is 17.7 Å². The molecule has 0 bridgehead atoms. The van der Waals surface area contributed by atoms with Gasteiger partial charge in [0.25, 0.3) is 5.92 Å². The highest BCUT2D eigenvalue weighted by Gasteiger charge is 2.38. The van der Waals surface area contributed by atoms with Gasteiger partial charge in [0.1, 0.15) is 0 Å². The summed E-state index contributed by atoms with van der Waals surface area (Å²) in [6.07, 6.45) is -3.17. The van der Waals surface area contributed by atoms with E-state index >= 15 is 0 Å². The van der Waals surface area contributed by atoms with Crippen LogP contribution in [0.5, 0.6) is 0 Å². The number of hydrogen-bond donors (Lipinski definition) is 0. The van der Waals surface area contributed by atoms with Gasteiger partial charge in [-0.1, -0.05) is 0 Å². The minimum absolute atomic E-state index is 0.0799. The Morgan fingerprint density at radius 2 is 1.92 bits per heavy atom. The smallest absolute Gasteiger partial charge is 0.202 e. The summed E-state index contributed by atoms with van der Waals surface area (Å²) in [6, 6.07) is 0. The van der Waals surface area contributed by atoms with Crippen molar-refractivity contribution in [3.63, 3.8) is 0 Å². The molecular formula is C7H4F5. The largest absolute Gasteiger partial charge is 0.416 e. The number of alkyl halides is 5. The monoisotopic (exact) mass is 183 g/mol. The van der Waals surface area contributed by atoms with Crippen LogP contribution in [0.2, 0.25) is 0 Å². The van der Waals surface area contributed by atoms with Crippen molar-refractivity contribution in [1.82, 2.24) is 0 Å². The Bertz CT molecular complexity index is 229. The molecule has 0 saturated heterocycles. The van der Waals surface area contributed by atoms with E-state index in [2.05, 4.69) is 0 Å². The van der Waals surface area contributed by atoms with Crippen LogP contribution in [0.1, 0.15) is 6.42 Å². The van der Waals surface area contributed by atoms with Crippen LogP contribution in [0.25, 0.3) is 0 Å². The third-order valence-electron chi connectivity index (χ3n) is 1.29. The summed E-state index contributed by atoms with van der Waals surface area (Å²) in [7, 11) is 0. The standard InChI is InChI=1S/C7H4F5/c8-6(9)3-1-2-5(4-6)7(10,11)12/h2,4H,3H2. The predicted octanol–water partition coefficient (Wildman–Crippen LogP) is 2.87. The molecule has 1 radical (unpaired) electrons. The van der Waals surface area contributed by atoms with Gasteiger partial charge in [-0.2, -0.15) is 13.2 Å². The molecule has 5 heteroatoms. The Kier molecular flexibility index (Phi) is 1.97. The molecule has 0 amide bonds.